The first-order chi connectivity index (χ1) is 10.1. The molecule has 1 aliphatic rings. The highest BCUT2D eigenvalue weighted by atomic mass is 16.5. The maximum Gasteiger partial charge on any atom is 0.331 e. The molecule has 116 valence electrons. The molecular formula is C17H26N2O2. The molecule has 0 amide bonds. The third-order valence-electron chi connectivity index (χ3n) is 4.54. The molecule has 0 aliphatic heterocycles. The predicted octanol–water partition coefficient (Wildman–Crippen LogP) is 2.28. The number of hydrogen-bond acceptors (Lipinski definition) is 4. The lowest BCUT2D eigenvalue weighted by Gasteiger charge is -2.37. The first kappa shape index (κ1) is 16.0. The van der Waals surface area contributed by atoms with Crippen LogP contribution in [0.2, 0.25) is 0 Å². The fraction of sp³-hybridized carbons (Fsp3) is 0.588. The van der Waals surface area contributed by atoms with Crippen LogP contribution in [0.4, 0.5) is 0 Å². The third kappa shape index (κ3) is 3.63. The highest BCUT2D eigenvalue weighted by molar-refractivity contribution is 5.82. The highest BCUT2D eigenvalue weighted by Crippen LogP contribution is 2.26. The van der Waals surface area contributed by atoms with Crippen molar-refractivity contribution in [1.29, 1.82) is 0 Å². The van der Waals surface area contributed by atoms with Gasteiger partial charge in [0.15, 0.2) is 5.54 Å². The van der Waals surface area contributed by atoms with Crippen LogP contribution in [-0.2, 0) is 15.1 Å². The normalized spacial score (nSPS) is 19.2. The van der Waals surface area contributed by atoms with E-state index in [-0.39, 0.29) is 5.97 Å². The number of nitrogens with zero attached hydrogens (tertiary/aromatic N) is 1. The Kier molecular flexibility index (Phi) is 5.37. The van der Waals surface area contributed by atoms with E-state index in [1.165, 1.54) is 39.2 Å². The largest absolute Gasteiger partial charge is 0.467 e. The molecule has 0 bridgehead atoms. The van der Waals surface area contributed by atoms with Crippen molar-refractivity contribution in [2.75, 3.05) is 20.7 Å². The molecule has 0 aromatic heterocycles. The van der Waals surface area contributed by atoms with E-state index in [1.807, 2.05) is 30.3 Å². The molecule has 1 aromatic carbocycles. The summed E-state index contributed by atoms with van der Waals surface area (Å²) < 4.78 is 4.97. The first-order valence-corrected chi connectivity index (χ1v) is 7.71. The van der Waals surface area contributed by atoms with Crippen LogP contribution in [0.1, 0.15) is 37.7 Å². The van der Waals surface area contributed by atoms with Crippen LogP contribution in [0.25, 0.3) is 0 Å². The minimum absolute atomic E-state index is 0.378. The molecule has 0 radical (unpaired) electrons. The fourth-order valence-electron chi connectivity index (χ4n) is 3.24. The van der Waals surface area contributed by atoms with Gasteiger partial charge >= 0.3 is 5.97 Å². The Labute approximate surface area is 127 Å². The molecule has 1 aliphatic carbocycles. The smallest absolute Gasteiger partial charge is 0.331 e. The van der Waals surface area contributed by atoms with E-state index < -0.39 is 5.54 Å². The summed E-state index contributed by atoms with van der Waals surface area (Å²) in [5, 5.41) is 0. The summed E-state index contributed by atoms with van der Waals surface area (Å²) in [7, 11) is 3.46. The lowest BCUT2D eigenvalue weighted by molar-refractivity contribution is -0.148. The lowest BCUT2D eigenvalue weighted by Crippen LogP contribution is -2.55. The summed E-state index contributed by atoms with van der Waals surface area (Å²) in [6, 6.07) is 10.0. The second kappa shape index (κ2) is 7.05. The van der Waals surface area contributed by atoms with E-state index in [0.717, 1.165) is 5.56 Å². The number of methoxy groups -OCH3 is 1. The van der Waals surface area contributed by atoms with Crippen molar-refractivity contribution < 1.29 is 9.53 Å². The number of hydrogen-bond donors (Lipinski definition) is 1. The van der Waals surface area contributed by atoms with Gasteiger partial charge in [0.05, 0.1) is 7.11 Å². The van der Waals surface area contributed by atoms with Crippen molar-refractivity contribution in [3.63, 3.8) is 0 Å². The number of likely N-dealkylation sites (N-methyl/N-ethyl adjacent to an activating group) is 1. The summed E-state index contributed by atoms with van der Waals surface area (Å²) in [4.78, 5) is 14.5. The average molecular weight is 290 g/mol. The van der Waals surface area contributed by atoms with Crippen LogP contribution in [0.5, 0.6) is 0 Å². The molecule has 1 atom stereocenters. The molecule has 0 heterocycles. The summed E-state index contributed by atoms with van der Waals surface area (Å²) >= 11 is 0. The van der Waals surface area contributed by atoms with Gasteiger partial charge in [0, 0.05) is 12.6 Å². The summed E-state index contributed by atoms with van der Waals surface area (Å²) in [5.74, 6) is -0.378. The quantitative estimate of drug-likeness (QED) is 0.845. The van der Waals surface area contributed by atoms with Crippen molar-refractivity contribution in [1.82, 2.24) is 4.90 Å². The zero-order valence-corrected chi connectivity index (χ0v) is 13.0. The Morgan fingerprint density at radius 2 is 1.90 bits per heavy atom. The number of nitrogens with two attached hydrogens (primary N) is 1. The molecule has 1 unspecified atom stereocenters. The Morgan fingerprint density at radius 1 is 1.29 bits per heavy atom. The SMILES string of the molecule is COC(=O)C(N)(CN(C)C1CCCCC1)c1ccccc1. The van der Waals surface area contributed by atoms with E-state index >= 15 is 0 Å². The zero-order valence-electron chi connectivity index (χ0n) is 13.0. The second-order valence-corrected chi connectivity index (χ2v) is 6.04. The van der Waals surface area contributed by atoms with Crippen LogP contribution in [0.15, 0.2) is 30.3 Å². The van der Waals surface area contributed by atoms with Crippen LogP contribution in [-0.4, -0.2) is 37.6 Å². The molecule has 1 saturated carbocycles. The molecular weight excluding hydrogens is 264 g/mol. The molecule has 2 N–H and O–H groups in total. The molecule has 1 aromatic rings. The van der Waals surface area contributed by atoms with Gasteiger partial charge in [-0.05, 0) is 25.5 Å². The van der Waals surface area contributed by atoms with Gasteiger partial charge < -0.3 is 15.4 Å². The van der Waals surface area contributed by atoms with E-state index in [2.05, 4.69) is 11.9 Å². The van der Waals surface area contributed by atoms with Gasteiger partial charge in [-0.2, -0.15) is 0 Å². The summed E-state index contributed by atoms with van der Waals surface area (Å²) in [6.45, 7) is 0.481. The molecule has 1 fully saturated rings. The molecule has 21 heavy (non-hydrogen) atoms. The van der Waals surface area contributed by atoms with Crippen molar-refractivity contribution in [3.05, 3.63) is 35.9 Å². The highest BCUT2D eigenvalue weighted by Gasteiger charge is 2.39. The van der Waals surface area contributed by atoms with Crippen molar-refractivity contribution in [2.45, 2.75) is 43.7 Å². The van der Waals surface area contributed by atoms with Gasteiger partial charge in [-0.25, -0.2) is 4.79 Å². The van der Waals surface area contributed by atoms with E-state index in [4.69, 9.17) is 10.5 Å². The Morgan fingerprint density at radius 3 is 2.48 bits per heavy atom. The zero-order chi connectivity index (χ0) is 15.3. The summed E-state index contributed by atoms with van der Waals surface area (Å²) in [5.41, 5.74) is 6.16. The van der Waals surface area contributed by atoms with Gasteiger partial charge in [0.25, 0.3) is 0 Å². The number of benzene rings is 1. The standard InChI is InChI=1S/C17H26N2O2/c1-19(15-11-7-4-8-12-15)13-17(18,16(20)21-2)14-9-5-3-6-10-14/h3,5-6,9-10,15H,4,7-8,11-13,18H2,1-2H3. The number of esters is 1. The van der Waals surface area contributed by atoms with Crippen molar-refractivity contribution >= 4 is 5.97 Å². The Balaban J connectivity index is 2.18. The Bertz CT molecular complexity index is 457. The topological polar surface area (TPSA) is 55.6 Å². The second-order valence-electron chi connectivity index (χ2n) is 6.04. The van der Waals surface area contributed by atoms with Crippen LogP contribution < -0.4 is 5.73 Å². The maximum absolute atomic E-state index is 12.3. The van der Waals surface area contributed by atoms with Gasteiger partial charge in [-0.15, -0.1) is 0 Å². The van der Waals surface area contributed by atoms with Crippen molar-refractivity contribution in [2.24, 2.45) is 5.73 Å². The Hall–Kier alpha value is -1.39. The van der Waals surface area contributed by atoms with Crippen LogP contribution >= 0.6 is 0 Å². The number of rotatable bonds is 5. The summed E-state index contributed by atoms with van der Waals surface area (Å²) in [6.07, 6.45) is 6.20. The van der Waals surface area contributed by atoms with Gasteiger partial charge in [0.2, 0.25) is 0 Å². The van der Waals surface area contributed by atoms with E-state index in [0.29, 0.717) is 12.6 Å². The van der Waals surface area contributed by atoms with Crippen LogP contribution in [0, 0.1) is 0 Å². The minimum atomic E-state index is -1.11. The van der Waals surface area contributed by atoms with Gasteiger partial charge in [0.1, 0.15) is 0 Å². The first-order valence-electron chi connectivity index (χ1n) is 7.71. The van der Waals surface area contributed by atoms with E-state index in [9.17, 15) is 4.79 Å². The predicted molar refractivity (Wildman–Crippen MR) is 83.8 cm³/mol. The van der Waals surface area contributed by atoms with Crippen molar-refractivity contribution in [3.8, 4) is 0 Å². The van der Waals surface area contributed by atoms with Gasteiger partial charge in [-0.3, -0.25) is 0 Å². The number of carbonyl (C=O) groups excluding carboxylic acids is 1. The van der Waals surface area contributed by atoms with Crippen LogP contribution in [0.3, 0.4) is 0 Å². The lowest BCUT2D eigenvalue weighted by atomic mass is 9.88. The average Bonchev–Trinajstić information content (AvgIpc) is 2.55. The maximum atomic E-state index is 12.3. The third-order valence-corrected chi connectivity index (χ3v) is 4.54. The molecule has 4 nitrogen and oxygen atoms in total. The fourth-order valence-corrected chi connectivity index (χ4v) is 3.24. The number of carbonyl (C=O) groups is 1. The molecule has 0 saturated heterocycles. The molecule has 4 heteroatoms. The van der Waals surface area contributed by atoms with Gasteiger partial charge in [-0.1, -0.05) is 49.6 Å². The molecule has 2 rings (SSSR count). The molecule has 0 spiro atoms. The minimum Gasteiger partial charge on any atom is -0.467 e. The van der Waals surface area contributed by atoms with E-state index in [1.54, 1.807) is 0 Å². The monoisotopic (exact) mass is 290 g/mol. The number of ether oxygens (including phenoxy) is 1.